The lowest BCUT2D eigenvalue weighted by molar-refractivity contribution is 0.144. The minimum atomic E-state index is 0.382. The number of aromatic nitrogens is 3. The van der Waals surface area contributed by atoms with Gasteiger partial charge < -0.3 is 20.5 Å². The van der Waals surface area contributed by atoms with Gasteiger partial charge in [0.1, 0.15) is 18.1 Å². The molecule has 0 aliphatic carbocycles. The van der Waals surface area contributed by atoms with Crippen molar-refractivity contribution in [2.45, 2.75) is 19.9 Å². The molecule has 0 aliphatic rings. The number of hydrogen-bond donors (Lipinski definition) is 2. The fourth-order valence-electron chi connectivity index (χ4n) is 1.79. The summed E-state index contributed by atoms with van der Waals surface area (Å²) in [5.41, 5.74) is 7.38. The van der Waals surface area contributed by atoms with E-state index in [0.717, 1.165) is 5.69 Å². The highest BCUT2D eigenvalue weighted by Crippen LogP contribution is 2.26. The Labute approximate surface area is 129 Å². The summed E-state index contributed by atoms with van der Waals surface area (Å²) in [5, 5.41) is 3.18. The molecule has 0 saturated heterocycles. The Morgan fingerprint density at radius 2 is 2.09 bits per heavy atom. The summed E-state index contributed by atoms with van der Waals surface area (Å²) in [5.74, 6) is 1.61. The molecule has 118 valence electrons. The van der Waals surface area contributed by atoms with E-state index in [9.17, 15) is 0 Å². The Balaban J connectivity index is 2.13. The van der Waals surface area contributed by atoms with E-state index in [0.29, 0.717) is 49.4 Å². The van der Waals surface area contributed by atoms with Crippen molar-refractivity contribution in [2.75, 3.05) is 31.4 Å². The van der Waals surface area contributed by atoms with Crippen molar-refractivity contribution in [1.29, 1.82) is 0 Å². The molecule has 22 heavy (non-hydrogen) atoms. The van der Waals surface area contributed by atoms with Crippen LogP contribution in [0.2, 0.25) is 0 Å². The second-order valence-electron chi connectivity index (χ2n) is 4.58. The lowest BCUT2D eigenvalue weighted by atomic mass is 10.3. The molecule has 0 spiro atoms. The van der Waals surface area contributed by atoms with Gasteiger partial charge in [-0.3, -0.25) is 4.98 Å². The summed E-state index contributed by atoms with van der Waals surface area (Å²) in [6, 6.07) is 5.74. The average molecular weight is 303 g/mol. The third-order valence-electron chi connectivity index (χ3n) is 2.96. The van der Waals surface area contributed by atoms with E-state index >= 15 is 0 Å². The van der Waals surface area contributed by atoms with E-state index in [4.69, 9.17) is 15.2 Å². The van der Waals surface area contributed by atoms with Crippen molar-refractivity contribution in [3.05, 3.63) is 35.9 Å². The number of nitrogen functional groups attached to an aromatic ring is 1. The van der Waals surface area contributed by atoms with E-state index in [1.807, 2.05) is 25.1 Å². The molecule has 0 fully saturated rings. The second kappa shape index (κ2) is 8.14. The molecule has 3 N–H and O–H groups in total. The highest BCUT2D eigenvalue weighted by atomic mass is 16.5. The minimum Gasteiger partial charge on any atom is -0.474 e. The third-order valence-corrected chi connectivity index (χ3v) is 2.96. The van der Waals surface area contributed by atoms with E-state index in [1.54, 1.807) is 13.3 Å². The van der Waals surface area contributed by atoms with Crippen LogP contribution in [0, 0.1) is 0 Å². The summed E-state index contributed by atoms with van der Waals surface area (Å²) in [6.45, 7) is 3.37. The van der Waals surface area contributed by atoms with Crippen molar-refractivity contribution >= 4 is 11.5 Å². The number of nitrogens with two attached hydrogens (primary N) is 1. The number of ether oxygens (including phenoxy) is 2. The van der Waals surface area contributed by atoms with Crippen LogP contribution < -0.4 is 15.8 Å². The van der Waals surface area contributed by atoms with Gasteiger partial charge in [0.15, 0.2) is 5.82 Å². The fraction of sp³-hybridized carbons (Fsp3) is 0.400. The molecule has 2 heterocycles. The van der Waals surface area contributed by atoms with Crippen LogP contribution in [-0.2, 0) is 17.7 Å². The summed E-state index contributed by atoms with van der Waals surface area (Å²) in [6.07, 6.45) is 2.44. The molecule has 0 saturated carbocycles. The second-order valence-corrected chi connectivity index (χ2v) is 4.58. The number of nitrogens with zero attached hydrogens (tertiary/aromatic N) is 3. The summed E-state index contributed by atoms with van der Waals surface area (Å²) < 4.78 is 10.5. The largest absolute Gasteiger partial charge is 0.474 e. The van der Waals surface area contributed by atoms with E-state index < -0.39 is 0 Å². The molecule has 7 heteroatoms. The summed E-state index contributed by atoms with van der Waals surface area (Å²) in [7, 11) is 1.62. The first-order valence-corrected chi connectivity index (χ1v) is 7.16. The number of anilines is 2. The number of hydrogen-bond acceptors (Lipinski definition) is 7. The Kier molecular flexibility index (Phi) is 5.91. The molecular weight excluding hydrogens is 282 g/mol. The summed E-state index contributed by atoms with van der Waals surface area (Å²) >= 11 is 0. The first kappa shape index (κ1) is 16.0. The Morgan fingerprint density at radius 1 is 1.23 bits per heavy atom. The molecule has 0 atom stereocenters. The highest BCUT2D eigenvalue weighted by Gasteiger charge is 2.12. The predicted octanol–water partition coefficient (Wildman–Crippen LogP) is 1.65. The van der Waals surface area contributed by atoms with Crippen molar-refractivity contribution in [3.63, 3.8) is 0 Å². The molecule has 2 rings (SSSR count). The van der Waals surface area contributed by atoms with Gasteiger partial charge in [0, 0.05) is 19.7 Å². The summed E-state index contributed by atoms with van der Waals surface area (Å²) in [4.78, 5) is 13.0. The van der Waals surface area contributed by atoms with Crippen molar-refractivity contribution in [2.24, 2.45) is 0 Å². The van der Waals surface area contributed by atoms with Gasteiger partial charge in [-0.25, -0.2) is 4.98 Å². The van der Waals surface area contributed by atoms with Crippen LogP contribution in [0.25, 0.3) is 0 Å². The number of pyridine rings is 1. The van der Waals surface area contributed by atoms with Gasteiger partial charge in [0.25, 0.3) is 0 Å². The topological polar surface area (TPSA) is 95.2 Å². The first-order valence-electron chi connectivity index (χ1n) is 7.16. The zero-order valence-electron chi connectivity index (χ0n) is 12.9. The van der Waals surface area contributed by atoms with Gasteiger partial charge in [0.2, 0.25) is 5.88 Å². The highest BCUT2D eigenvalue weighted by molar-refractivity contribution is 5.66. The number of methoxy groups -OCH3 is 1. The van der Waals surface area contributed by atoms with Gasteiger partial charge in [-0.05, 0) is 12.1 Å². The van der Waals surface area contributed by atoms with Gasteiger partial charge in [-0.2, -0.15) is 4.98 Å². The van der Waals surface area contributed by atoms with Crippen LogP contribution in [0.1, 0.15) is 18.4 Å². The first-order chi connectivity index (χ1) is 10.7. The van der Waals surface area contributed by atoms with Crippen LogP contribution in [0.3, 0.4) is 0 Å². The van der Waals surface area contributed by atoms with Gasteiger partial charge in [0.05, 0.1) is 18.8 Å². The van der Waals surface area contributed by atoms with E-state index in [1.165, 1.54) is 0 Å². The molecule has 0 aromatic carbocycles. The van der Waals surface area contributed by atoms with Crippen LogP contribution >= 0.6 is 0 Å². The van der Waals surface area contributed by atoms with Crippen LogP contribution in [0.15, 0.2) is 24.4 Å². The monoisotopic (exact) mass is 303 g/mol. The maximum absolute atomic E-state index is 6.08. The third kappa shape index (κ3) is 4.29. The van der Waals surface area contributed by atoms with Crippen LogP contribution in [0.4, 0.5) is 11.5 Å². The lowest BCUT2D eigenvalue weighted by Gasteiger charge is -2.13. The van der Waals surface area contributed by atoms with Crippen molar-refractivity contribution < 1.29 is 9.47 Å². The SMILES string of the molecule is CCc1nc(NCc2ccccn2)c(N)c(OCCOC)n1. The maximum Gasteiger partial charge on any atom is 0.242 e. The molecule has 0 aliphatic heterocycles. The number of nitrogens with one attached hydrogen (secondary N) is 1. The standard InChI is InChI=1S/C15H21N5O2/c1-3-12-19-14(18-10-11-6-4-5-7-17-11)13(16)15(20-12)22-9-8-21-2/h4-7H,3,8-10,16H2,1-2H3,(H,18,19,20). The molecular formula is C15H21N5O2. The van der Waals surface area contributed by atoms with Gasteiger partial charge in [-0.15, -0.1) is 0 Å². The molecule has 0 radical (unpaired) electrons. The van der Waals surface area contributed by atoms with E-state index in [-0.39, 0.29) is 0 Å². The van der Waals surface area contributed by atoms with E-state index in [2.05, 4.69) is 20.3 Å². The Bertz CT molecular complexity index is 592. The maximum atomic E-state index is 6.08. The molecule has 0 bridgehead atoms. The minimum absolute atomic E-state index is 0.382. The molecule has 0 amide bonds. The molecule has 2 aromatic heterocycles. The zero-order valence-corrected chi connectivity index (χ0v) is 12.9. The zero-order chi connectivity index (χ0) is 15.8. The Hall–Kier alpha value is -2.41. The van der Waals surface area contributed by atoms with Crippen molar-refractivity contribution in [3.8, 4) is 5.88 Å². The number of aryl methyl sites for hydroxylation is 1. The van der Waals surface area contributed by atoms with Crippen LogP contribution in [-0.4, -0.2) is 35.3 Å². The number of rotatable bonds is 8. The predicted molar refractivity (Wildman–Crippen MR) is 84.8 cm³/mol. The molecule has 2 aromatic rings. The van der Waals surface area contributed by atoms with Gasteiger partial charge in [-0.1, -0.05) is 13.0 Å². The quantitative estimate of drug-likeness (QED) is 0.716. The fourth-order valence-corrected chi connectivity index (χ4v) is 1.79. The smallest absolute Gasteiger partial charge is 0.242 e. The molecule has 7 nitrogen and oxygen atoms in total. The van der Waals surface area contributed by atoms with Gasteiger partial charge >= 0.3 is 0 Å². The lowest BCUT2D eigenvalue weighted by Crippen LogP contribution is -2.13. The van der Waals surface area contributed by atoms with Crippen LogP contribution in [0.5, 0.6) is 5.88 Å². The molecule has 0 unspecified atom stereocenters. The Morgan fingerprint density at radius 3 is 2.77 bits per heavy atom. The average Bonchev–Trinajstić information content (AvgIpc) is 2.56. The van der Waals surface area contributed by atoms with Crippen molar-refractivity contribution in [1.82, 2.24) is 15.0 Å². The normalized spacial score (nSPS) is 10.5.